The topological polar surface area (TPSA) is 75.7 Å². The van der Waals surface area contributed by atoms with E-state index in [2.05, 4.69) is 5.32 Å². The summed E-state index contributed by atoms with van der Waals surface area (Å²) in [5.74, 6) is -1.47. The number of carbonyl (C=O) groups excluding carboxylic acids is 1. The molecule has 0 aliphatic heterocycles. The zero-order valence-electron chi connectivity index (χ0n) is 21.0. The Hall–Kier alpha value is -3.64. The minimum atomic E-state index is -4.98. The molecule has 1 amide bonds. The number of hydrogen-bond donors (Lipinski definition) is 1. The lowest BCUT2D eigenvalue weighted by Crippen LogP contribution is -2.32. The van der Waals surface area contributed by atoms with Crippen molar-refractivity contribution >= 4 is 48.2 Å². The first-order valence-electron chi connectivity index (χ1n) is 11.6. The minimum absolute atomic E-state index is 0.0452. The molecule has 1 heterocycles. The highest BCUT2D eigenvalue weighted by Gasteiger charge is 2.36. The van der Waals surface area contributed by atoms with Crippen molar-refractivity contribution < 1.29 is 35.5 Å². The Morgan fingerprint density at radius 2 is 1.62 bits per heavy atom. The summed E-state index contributed by atoms with van der Waals surface area (Å²) in [7, 11) is -4.38. The van der Waals surface area contributed by atoms with E-state index in [9.17, 15) is 30.8 Å². The number of fused-ring (bicyclic) bond motifs is 1. The predicted molar refractivity (Wildman–Crippen MR) is 143 cm³/mol. The summed E-state index contributed by atoms with van der Waals surface area (Å²) in [6.07, 6.45) is -5.82. The molecular formula is C27H24F4N2O4S2. The van der Waals surface area contributed by atoms with Gasteiger partial charge in [-0.1, -0.05) is 42.5 Å². The molecule has 0 saturated heterocycles. The van der Waals surface area contributed by atoms with Gasteiger partial charge in [0.05, 0.1) is 22.7 Å². The van der Waals surface area contributed by atoms with Crippen molar-refractivity contribution in [2.75, 3.05) is 9.62 Å². The van der Waals surface area contributed by atoms with Gasteiger partial charge >= 0.3 is 12.3 Å². The Labute approximate surface area is 226 Å². The van der Waals surface area contributed by atoms with Crippen molar-refractivity contribution in [1.82, 2.24) is 0 Å². The van der Waals surface area contributed by atoms with E-state index in [4.69, 9.17) is 4.74 Å². The number of anilines is 2. The molecule has 0 unspecified atom stereocenters. The molecule has 1 N–H and O–H groups in total. The summed E-state index contributed by atoms with van der Waals surface area (Å²) in [6.45, 7) is 4.42. The fourth-order valence-electron chi connectivity index (χ4n) is 3.77. The highest BCUT2D eigenvalue weighted by Crippen LogP contribution is 2.45. The van der Waals surface area contributed by atoms with Crippen LogP contribution < -0.4 is 9.62 Å². The van der Waals surface area contributed by atoms with Crippen LogP contribution in [0.5, 0.6) is 0 Å². The molecule has 0 bridgehead atoms. The summed E-state index contributed by atoms with van der Waals surface area (Å²) < 4.78 is 89.0. The van der Waals surface area contributed by atoms with E-state index in [0.717, 1.165) is 21.7 Å². The number of rotatable bonds is 6. The molecule has 0 fully saturated rings. The van der Waals surface area contributed by atoms with Crippen LogP contribution in [0, 0.1) is 5.82 Å². The van der Waals surface area contributed by atoms with Gasteiger partial charge in [0, 0.05) is 10.1 Å². The van der Waals surface area contributed by atoms with Gasteiger partial charge in [-0.15, -0.1) is 11.3 Å². The lowest BCUT2D eigenvalue weighted by Gasteiger charge is -2.26. The number of carbonyl (C=O) groups is 1. The van der Waals surface area contributed by atoms with Crippen LogP contribution in [-0.4, -0.2) is 20.1 Å². The molecular weight excluding hydrogens is 556 g/mol. The van der Waals surface area contributed by atoms with Crippen molar-refractivity contribution in [2.24, 2.45) is 0 Å². The van der Waals surface area contributed by atoms with Gasteiger partial charge in [0.15, 0.2) is 0 Å². The number of nitrogens with zero attached hydrogens (tertiary/aromatic N) is 1. The molecule has 12 heteroatoms. The largest absolute Gasteiger partial charge is 0.444 e. The maximum Gasteiger partial charge on any atom is 0.419 e. The molecule has 1 aromatic heterocycles. The SMILES string of the molecule is CC(C)(C)OC(=O)Nc1c(N(Cc2ccc(F)c(C(F)(F)F)c2)S(=O)(=O)c2ccccc2)sc2ccccc12. The number of ether oxygens (including phenoxy) is 1. The van der Waals surface area contributed by atoms with E-state index >= 15 is 0 Å². The summed E-state index contributed by atoms with van der Waals surface area (Å²) in [5, 5.41) is 3.18. The van der Waals surface area contributed by atoms with E-state index in [1.54, 1.807) is 51.1 Å². The van der Waals surface area contributed by atoms with Crippen molar-refractivity contribution in [1.29, 1.82) is 0 Å². The quantitative estimate of drug-likeness (QED) is 0.236. The van der Waals surface area contributed by atoms with Gasteiger partial charge in [-0.05, 0) is 56.7 Å². The van der Waals surface area contributed by atoms with Gasteiger partial charge in [0.2, 0.25) is 0 Å². The number of sulfonamides is 1. The van der Waals surface area contributed by atoms with Crippen LogP contribution in [0.1, 0.15) is 31.9 Å². The van der Waals surface area contributed by atoms with Crippen LogP contribution in [-0.2, 0) is 27.5 Å². The first-order valence-corrected chi connectivity index (χ1v) is 13.9. The number of hydrogen-bond acceptors (Lipinski definition) is 5. The number of nitrogens with one attached hydrogen (secondary N) is 1. The Morgan fingerprint density at radius 1 is 0.974 bits per heavy atom. The molecule has 0 saturated carbocycles. The molecule has 39 heavy (non-hydrogen) atoms. The summed E-state index contributed by atoms with van der Waals surface area (Å²) in [5.41, 5.74) is -2.36. The van der Waals surface area contributed by atoms with Crippen LogP contribution in [0.15, 0.2) is 77.7 Å². The number of thiophene rings is 1. The van der Waals surface area contributed by atoms with Gasteiger partial charge in [0.1, 0.15) is 16.4 Å². The molecule has 206 valence electrons. The molecule has 4 rings (SSSR count). The monoisotopic (exact) mass is 580 g/mol. The number of halogens is 4. The Bertz CT molecular complexity index is 1610. The number of alkyl halides is 3. The summed E-state index contributed by atoms with van der Waals surface area (Å²) in [6, 6.07) is 16.5. The van der Waals surface area contributed by atoms with E-state index < -0.39 is 45.8 Å². The van der Waals surface area contributed by atoms with E-state index in [0.29, 0.717) is 22.2 Å². The number of amides is 1. The van der Waals surface area contributed by atoms with Crippen molar-refractivity contribution in [2.45, 2.75) is 44.0 Å². The molecule has 3 aromatic carbocycles. The maximum absolute atomic E-state index is 14.0. The third-order valence-electron chi connectivity index (χ3n) is 5.42. The molecule has 6 nitrogen and oxygen atoms in total. The van der Waals surface area contributed by atoms with Gasteiger partial charge in [-0.2, -0.15) is 13.2 Å². The fraction of sp³-hybridized carbons (Fsp3) is 0.222. The normalized spacial score (nSPS) is 12.4. The second-order valence-corrected chi connectivity index (χ2v) is 12.4. The molecule has 0 radical (unpaired) electrons. The standard InChI is InChI=1S/C27H24F4N2O4S2/c1-26(2,3)37-25(34)32-23-19-11-7-8-12-22(19)38-24(23)33(39(35,36)18-9-5-4-6-10-18)16-17-13-14-21(28)20(15-17)27(29,30)31/h4-15H,16H2,1-3H3,(H,32,34). The minimum Gasteiger partial charge on any atom is -0.444 e. The second-order valence-electron chi connectivity index (χ2n) is 9.54. The van der Waals surface area contributed by atoms with Crippen molar-refractivity contribution in [3.05, 3.63) is 89.7 Å². The van der Waals surface area contributed by atoms with Gasteiger partial charge in [-0.25, -0.2) is 17.6 Å². The highest BCUT2D eigenvalue weighted by molar-refractivity contribution is 7.93. The van der Waals surface area contributed by atoms with Crippen molar-refractivity contribution in [3.63, 3.8) is 0 Å². The lowest BCUT2D eigenvalue weighted by molar-refractivity contribution is -0.140. The zero-order chi connectivity index (χ0) is 28.6. The molecule has 0 atom stereocenters. The van der Waals surface area contributed by atoms with Gasteiger partial charge in [0.25, 0.3) is 10.0 Å². The van der Waals surface area contributed by atoms with Crippen LogP contribution in [0.25, 0.3) is 10.1 Å². The van der Waals surface area contributed by atoms with E-state index in [-0.39, 0.29) is 21.1 Å². The molecule has 0 aliphatic carbocycles. The smallest absolute Gasteiger partial charge is 0.419 e. The van der Waals surface area contributed by atoms with Crippen LogP contribution in [0.4, 0.5) is 33.0 Å². The highest BCUT2D eigenvalue weighted by atomic mass is 32.2. The third-order valence-corrected chi connectivity index (χ3v) is 8.49. The van der Waals surface area contributed by atoms with Gasteiger partial charge < -0.3 is 4.74 Å². The average Bonchev–Trinajstić information content (AvgIpc) is 3.19. The van der Waals surface area contributed by atoms with E-state index in [1.807, 2.05) is 0 Å². The first-order chi connectivity index (χ1) is 18.2. The Kier molecular flexibility index (Phi) is 7.63. The Balaban J connectivity index is 1.91. The van der Waals surface area contributed by atoms with E-state index in [1.165, 1.54) is 24.3 Å². The lowest BCUT2D eigenvalue weighted by atomic mass is 10.1. The second kappa shape index (κ2) is 10.5. The predicted octanol–water partition coefficient (Wildman–Crippen LogP) is 7.80. The Morgan fingerprint density at radius 3 is 2.26 bits per heavy atom. The van der Waals surface area contributed by atoms with Crippen LogP contribution >= 0.6 is 11.3 Å². The zero-order valence-corrected chi connectivity index (χ0v) is 22.7. The van der Waals surface area contributed by atoms with Crippen LogP contribution in [0.2, 0.25) is 0 Å². The third kappa shape index (κ3) is 6.34. The van der Waals surface area contributed by atoms with Crippen molar-refractivity contribution in [3.8, 4) is 0 Å². The maximum atomic E-state index is 14.0. The summed E-state index contributed by atoms with van der Waals surface area (Å²) >= 11 is 1.03. The molecule has 4 aromatic rings. The average molecular weight is 581 g/mol. The summed E-state index contributed by atoms with van der Waals surface area (Å²) in [4.78, 5) is 12.6. The fourth-order valence-corrected chi connectivity index (χ4v) is 6.63. The number of benzene rings is 3. The first kappa shape index (κ1) is 28.4. The van der Waals surface area contributed by atoms with Crippen LogP contribution in [0.3, 0.4) is 0 Å². The van der Waals surface area contributed by atoms with Gasteiger partial charge in [-0.3, -0.25) is 9.62 Å². The molecule has 0 aliphatic rings. The molecule has 0 spiro atoms.